The van der Waals surface area contributed by atoms with Crippen LogP contribution in [0, 0.1) is 6.57 Å². The van der Waals surface area contributed by atoms with E-state index in [0.29, 0.717) is 5.82 Å². The molecule has 0 aliphatic heterocycles. The highest BCUT2D eigenvalue weighted by Crippen LogP contribution is 2.19. The summed E-state index contributed by atoms with van der Waals surface area (Å²) in [5.41, 5.74) is -0.573. The molecule has 1 N–H and O–H groups in total. The molecule has 0 spiro atoms. The summed E-state index contributed by atoms with van der Waals surface area (Å²) in [7, 11) is 0. The predicted octanol–water partition coefficient (Wildman–Crippen LogP) is 0.959. The third-order valence-corrected chi connectivity index (χ3v) is 1.27. The zero-order valence-electron chi connectivity index (χ0n) is 5.92. The average molecular weight is 136 g/mol. The van der Waals surface area contributed by atoms with E-state index in [0.717, 1.165) is 0 Å². The van der Waals surface area contributed by atoms with Gasteiger partial charge in [-0.25, -0.2) is 11.6 Å². The molecule has 0 aromatic carbocycles. The summed E-state index contributed by atoms with van der Waals surface area (Å²) < 4.78 is 0. The Labute approximate surface area is 59.1 Å². The fourth-order valence-electron chi connectivity index (χ4n) is 0.553. The van der Waals surface area contributed by atoms with Gasteiger partial charge in [-0.1, -0.05) is 0 Å². The Morgan fingerprint density at radius 3 is 2.80 bits per heavy atom. The first-order chi connectivity index (χ1) is 4.67. The molecule has 0 amide bonds. The Morgan fingerprint density at radius 1 is 1.70 bits per heavy atom. The van der Waals surface area contributed by atoms with E-state index in [2.05, 4.69) is 20.0 Å². The number of hydrogen-bond donors (Lipinski definition) is 1. The topological polar surface area (TPSA) is 45.9 Å². The summed E-state index contributed by atoms with van der Waals surface area (Å²) in [6, 6.07) is 0. The molecule has 0 aliphatic rings. The second-order valence-corrected chi connectivity index (χ2v) is 2.50. The van der Waals surface area contributed by atoms with Crippen LogP contribution in [-0.2, 0) is 5.54 Å². The lowest BCUT2D eigenvalue weighted by atomic mass is 10.1. The van der Waals surface area contributed by atoms with Crippen LogP contribution < -0.4 is 0 Å². The van der Waals surface area contributed by atoms with Crippen LogP contribution in [0.3, 0.4) is 0 Å². The minimum Gasteiger partial charge on any atom is -0.302 e. The van der Waals surface area contributed by atoms with Crippen LogP contribution in [0.5, 0.6) is 0 Å². The van der Waals surface area contributed by atoms with Crippen molar-refractivity contribution < 1.29 is 0 Å². The molecule has 1 aromatic heterocycles. The maximum atomic E-state index is 6.82. The fraction of sp³-hybridized carbons (Fsp3) is 0.500. The van der Waals surface area contributed by atoms with Gasteiger partial charge in [0.15, 0.2) is 0 Å². The smallest absolute Gasteiger partial charge is 0.284 e. The first-order valence-corrected chi connectivity index (χ1v) is 2.91. The molecular weight excluding hydrogens is 128 g/mol. The minimum atomic E-state index is -0.573. The first-order valence-electron chi connectivity index (χ1n) is 2.91. The normalized spacial score (nSPS) is 10.9. The van der Waals surface area contributed by atoms with Crippen molar-refractivity contribution in [3.63, 3.8) is 0 Å². The van der Waals surface area contributed by atoms with E-state index < -0.39 is 5.54 Å². The van der Waals surface area contributed by atoms with Gasteiger partial charge in [0, 0.05) is 13.8 Å². The summed E-state index contributed by atoms with van der Waals surface area (Å²) in [5.74, 6) is 0.613. The van der Waals surface area contributed by atoms with Gasteiger partial charge in [0.05, 0.1) is 0 Å². The number of hydrogen-bond acceptors (Lipinski definition) is 2. The number of aromatic amines is 1. The number of nitrogens with zero attached hydrogens (tertiary/aromatic N) is 3. The summed E-state index contributed by atoms with van der Waals surface area (Å²) in [6.07, 6.45) is 1.41. The second-order valence-electron chi connectivity index (χ2n) is 2.50. The van der Waals surface area contributed by atoms with Crippen LogP contribution in [0.15, 0.2) is 6.33 Å². The van der Waals surface area contributed by atoms with Crippen molar-refractivity contribution in [1.82, 2.24) is 15.2 Å². The van der Waals surface area contributed by atoms with Crippen LogP contribution in [0.1, 0.15) is 19.7 Å². The van der Waals surface area contributed by atoms with Gasteiger partial charge in [-0.3, -0.25) is 5.10 Å². The largest absolute Gasteiger partial charge is 0.302 e. The van der Waals surface area contributed by atoms with Gasteiger partial charge in [0.2, 0.25) is 5.82 Å². The van der Waals surface area contributed by atoms with Crippen molar-refractivity contribution in [2.24, 2.45) is 0 Å². The number of nitrogens with one attached hydrogen (secondary N) is 1. The van der Waals surface area contributed by atoms with Crippen LogP contribution in [0.4, 0.5) is 0 Å². The van der Waals surface area contributed by atoms with Crippen molar-refractivity contribution in [3.8, 4) is 0 Å². The molecule has 4 heteroatoms. The Hall–Kier alpha value is -1.37. The van der Waals surface area contributed by atoms with Crippen molar-refractivity contribution in [2.45, 2.75) is 19.4 Å². The van der Waals surface area contributed by atoms with Gasteiger partial charge < -0.3 is 4.85 Å². The van der Waals surface area contributed by atoms with Crippen molar-refractivity contribution in [3.05, 3.63) is 23.6 Å². The Balaban J connectivity index is 2.99. The lowest BCUT2D eigenvalue weighted by Gasteiger charge is -2.04. The summed E-state index contributed by atoms with van der Waals surface area (Å²) in [4.78, 5) is 7.26. The molecule has 0 fully saturated rings. The first kappa shape index (κ1) is 6.75. The van der Waals surface area contributed by atoms with Gasteiger partial charge >= 0.3 is 0 Å². The van der Waals surface area contributed by atoms with Crippen LogP contribution in [-0.4, -0.2) is 15.2 Å². The van der Waals surface area contributed by atoms with Gasteiger partial charge in [-0.15, -0.1) is 0 Å². The predicted molar refractivity (Wildman–Crippen MR) is 36.0 cm³/mol. The highest BCUT2D eigenvalue weighted by molar-refractivity contribution is 5.05. The van der Waals surface area contributed by atoms with Gasteiger partial charge in [0.25, 0.3) is 5.54 Å². The Kier molecular flexibility index (Phi) is 1.42. The third-order valence-electron chi connectivity index (χ3n) is 1.27. The maximum absolute atomic E-state index is 6.82. The van der Waals surface area contributed by atoms with Crippen LogP contribution in [0.25, 0.3) is 4.85 Å². The van der Waals surface area contributed by atoms with E-state index in [9.17, 15) is 0 Å². The summed E-state index contributed by atoms with van der Waals surface area (Å²) >= 11 is 0. The Bertz CT molecular complexity index is 241. The van der Waals surface area contributed by atoms with Gasteiger partial charge in [0.1, 0.15) is 6.33 Å². The standard InChI is InChI=1S/C6H8N4/c1-6(2,7-3)5-8-4-9-10-5/h4H,1-2H3,(H,8,9,10). The molecule has 1 aromatic rings. The zero-order chi connectivity index (χ0) is 7.61. The summed E-state index contributed by atoms with van der Waals surface area (Å²) in [5, 5.41) is 6.31. The molecule has 1 heterocycles. The SMILES string of the molecule is [C-]#[N+]C(C)(C)c1ncn[nH]1. The Morgan fingerprint density at radius 2 is 2.40 bits per heavy atom. The van der Waals surface area contributed by atoms with Crippen LogP contribution in [0.2, 0.25) is 0 Å². The van der Waals surface area contributed by atoms with E-state index in [1.165, 1.54) is 6.33 Å². The molecular formula is C6H8N4. The van der Waals surface area contributed by atoms with E-state index in [4.69, 9.17) is 6.57 Å². The van der Waals surface area contributed by atoms with E-state index in [1.54, 1.807) is 13.8 Å². The van der Waals surface area contributed by atoms with Crippen molar-refractivity contribution >= 4 is 0 Å². The molecule has 0 saturated carbocycles. The van der Waals surface area contributed by atoms with Crippen molar-refractivity contribution in [2.75, 3.05) is 0 Å². The van der Waals surface area contributed by atoms with E-state index >= 15 is 0 Å². The molecule has 1 rings (SSSR count). The lowest BCUT2D eigenvalue weighted by molar-refractivity contribution is 0.612. The minimum absolute atomic E-state index is 0.573. The van der Waals surface area contributed by atoms with Gasteiger partial charge in [-0.05, 0) is 0 Å². The molecule has 0 saturated heterocycles. The molecule has 0 unspecified atom stereocenters. The third kappa shape index (κ3) is 0.982. The van der Waals surface area contributed by atoms with Crippen LogP contribution >= 0.6 is 0 Å². The maximum Gasteiger partial charge on any atom is 0.284 e. The summed E-state index contributed by atoms with van der Waals surface area (Å²) in [6.45, 7) is 10.4. The molecule has 4 nitrogen and oxygen atoms in total. The molecule has 0 aliphatic carbocycles. The van der Waals surface area contributed by atoms with E-state index in [1.807, 2.05) is 0 Å². The fourth-order valence-corrected chi connectivity index (χ4v) is 0.553. The number of aromatic nitrogens is 3. The lowest BCUT2D eigenvalue weighted by Crippen LogP contribution is -2.13. The molecule has 0 bridgehead atoms. The monoisotopic (exact) mass is 136 g/mol. The molecule has 0 atom stereocenters. The molecule has 10 heavy (non-hydrogen) atoms. The second kappa shape index (κ2) is 2.10. The molecule has 52 valence electrons. The average Bonchev–Trinajstić information content (AvgIpc) is 2.38. The highest BCUT2D eigenvalue weighted by atomic mass is 15.2. The van der Waals surface area contributed by atoms with Crippen molar-refractivity contribution in [1.29, 1.82) is 0 Å². The highest BCUT2D eigenvalue weighted by Gasteiger charge is 2.28. The zero-order valence-corrected chi connectivity index (χ0v) is 5.92. The number of rotatable bonds is 1. The van der Waals surface area contributed by atoms with Gasteiger partial charge in [-0.2, -0.15) is 5.10 Å². The molecule has 0 radical (unpaired) electrons. The van der Waals surface area contributed by atoms with E-state index in [-0.39, 0.29) is 0 Å². The number of H-pyrrole nitrogens is 1. The quantitative estimate of drug-likeness (QED) is 0.584.